The summed E-state index contributed by atoms with van der Waals surface area (Å²) in [5, 5.41) is 11.0. The number of methoxy groups -OCH3 is 1. The zero-order valence-corrected chi connectivity index (χ0v) is 8.30. The number of carbonyl (C=O) groups is 1. The quantitative estimate of drug-likeness (QED) is 0.710. The van der Waals surface area contributed by atoms with Crippen LogP contribution in [-0.2, 0) is 11.3 Å². The van der Waals surface area contributed by atoms with Crippen LogP contribution in [-0.4, -0.2) is 37.8 Å². The number of ether oxygens (including phenoxy) is 1. The molecule has 0 saturated carbocycles. The Labute approximate surface area is 88.5 Å². The lowest BCUT2D eigenvalue weighted by atomic mass is 10.4. The fourth-order valence-corrected chi connectivity index (χ4v) is 1.24. The SMILES string of the molecule is COCc1cc(=O)n2[nH]c(C(=O)O)nc2n1. The largest absolute Gasteiger partial charge is 0.475 e. The van der Waals surface area contributed by atoms with Crippen molar-refractivity contribution in [2.24, 2.45) is 0 Å². The summed E-state index contributed by atoms with van der Waals surface area (Å²) in [5.41, 5.74) is -0.0343. The van der Waals surface area contributed by atoms with Crippen LogP contribution in [0.25, 0.3) is 5.78 Å². The van der Waals surface area contributed by atoms with Gasteiger partial charge in [-0.3, -0.25) is 9.89 Å². The fraction of sp³-hybridized carbons (Fsp3) is 0.250. The van der Waals surface area contributed by atoms with Gasteiger partial charge in [0, 0.05) is 13.2 Å². The number of hydrogen-bond acceptors (Lipinski definition) is 5. The summed E-state index contributed by atoms with van der Waals surface area (Å²) >= 11 is 0. The number of aromatic carboxylic acids is 1. The molecule has 0 radical (unpaired) electrons. The number of aromatic nitrogens is 4. The maximum Gasteiger partial charge on any atom is 0.373 e. The highest BCUT2D eigenvalue weighted by Crippen LogP contribution is 1.98. The third kappa shape index (κ3) is 1.65. The molecule has 2 aromatic rings. The van der Waals surface area contributed by atoms with Gasteiger partial charge in [0.05, 0.1) is 12.3 Å². The predicted molar refractivity (Wildman–Crippen MR) is 51.3 cm³/mol. The number of carboxylic acids is 1. The number of rotatable bonds is 3. The van der Waals surface area contributed by atoms with Crippen LogP contribution in [0.1, 0.15) is 16.3 Å². The smallest absolute Gasteiger partial charge is 0.373 e. The van der Waals surface area contributed by atoms with Crippen LogP contribution in [0.15, 0.2) is 10.9 Å². The zero-order chi connectivity index (χ0) is 11.7. The molecule has 8 nitrogen and oxygen atoms in total. The van der Waals surface area contributed by atoms with Gasteiger partial charge >= 0.3 is 5.97 Å². The molecule has 0 aromatic carbocycles. The second-order valence-electron chi connectivity index (χ2n) is 3.03. The Morgan fingerprint density at radius 3 is 3.00 bits per heavy atom. The van der Waals surface area contributed by atoms with E-state index >= 15 is 0 Å². The van der Waals surface area contributed by atoms with Crippen LogP contribution in [0.3, 0.4) is 0 Å². The van der Waals surface area contributed by atoms with Crippen LogP contribution < -0.4 is 5.56 Å². The van der Waals surface area contributed by atoms with Crippen molar-refractivity contribution in [3.8, 4) is 0 Å². The van der Waals surface area contributed by atoms with Gasteiger partial charge in [-0.25, -0.2) is 9.78 Å². The molecule has 84 valence electrons. The molecule has 16 heavy (non-hydrogen) atoms. The van der Waals surface area contributed by atoms with E-state index in [1.165, 1.54) is 13.2 Å². The van der Waals surface area contributed by atoms with Crippen LogP contribution in [0.4, 0.5) is 0 Å². The van der Waals surface area contributed by atoms with Gasteiger partial charge < -0.3 is 9.84 Å². The first-order valence-corrected chi connectivity index (χ1v) is 4.32. The summed E-state index contributed by atoms with van der Waals surface area (Å²) in [7, 11) is 1.47. The lowest BCUT2D eigenvalue weighted by Gasteiger charge is -1.97. The van der Waals surface area contributed by atoms with Crippen molar-refractivity contribution in [2.45, 2.75) is 6.61 Å². The van der Waals surface area contributed by atoms with E-state index in [-0.39, 0.29) is 18.2 Å². The minimum absolute atomic E-state index is 0.0111. The molecule has 0 aliphatic rings. The number of aromatic amines is 1. The van der Waals surface area contributed by atoms with E-state index in [0.29, 0.717) is 5.69 Å². The second-order valence-corrected chi connectivity index (χ2v) is 3.03. The van der Waals surface area contributed by atoms with Crippen molar-refractivity contribution in [1.82, 2.24) is 19.6 Å². The molecule has 2 N–H and O–H groups in total. The van der Waals surface area contributed by atoms with E-state index in [1.807, 2.05) is 0 Å². The highest BCUT2D eigenvalue weighted by Gasteiger charge is 2.12. The molecule has 2 heterocycles. The Bertz CT molecular complexity index is 600. The predicted octanol–water partition coefficient (Wildman–Crippen LogP) is -0.738. The van der Waals surface area contributed by atoms with Crippen molar-refractivity contribution >= 4 is 11.7 Å². The molecule has 2 rings (SSSR count). The molecular weight excluding hydrogens is 216 g/mol. The minimum Gasteiger partial charge on any atom is -0.475 e. The van der Waals surface area contributed by atoms with E-state index in [2.05, 4.69) is 15.1 Å². The van der Waals surface area contributed by atoms with Gasteiger partial charge in [0.2, 0.25) is 5.82 Å². The van der Waals surface area contributed by atoms with Gasteiger partial charge in [0.1, 0.15) is 0 Å². The molecule has 0 aliphatic heterocycles. The summed E-state index contributed by atoms with van der Waals surface area (Å²) in [4.78, 5) is 29.8. The van der Waals surface area contributed by atoms with Gasteiger partial charge in [-0.15, -0.1) is 0 Å². The molecule has 8 heteroatoms. The number of H-pyrrole nitrogens is 1. The van der Waals surface area contributed by atoms with Crippen molar-refractivity contribution in [1.29, 1.82) is 0 Å². The summed E-state index contributed by atoms with van der Waals surface area (Å²) < 4.78 is 5.78. The summed E-state index contributed by atoms with van der Waals surface area (Å²) in [6, 6.07) is 1.25. The average molecular weight is 224 g/mol. The first-order chi connectivity index (χ1) is 7.61. The second kappa shape index (κ2) is 3.74. The maximum atomic E-state index is 11.5. The van der Waals surface area contributed by atoms with Gasteiger partial charge in [-0.05, 0) is 0 Å². The molecule has 0 aliphatic carbocycles. The standard InChI is InChI=1S/C8H8N4O4/c1-16-3-4-2-5(13)12-8(9-4)10-6(11-12)7(14)15/h2H,3H2,1H3,(H,14,15)(H,9,10,11). The molecule has 0 amide bonds. The average Bonchev–Trinajstić information content (AvgIpc) is 2.62. The van der Waals surface area contributed by atoms with Crippen LogP contribution in [0, 0.1) is 0 Å². The van der Waals surface area contributed by atoms with Crippen molar-refractivity contribution in [3.05, 3.63) is 27.9 Å². The zero-order valence-electron chi connectivity index (χ0n) is 8.30. The summed E-state index contributed by atoms with van der Waals surface area (Å²) in [6.45, 7) is 0.168. The highest BCUT2D eigenvalue weighted by atomic mass is 16.5. The minimum atomic E-state index is -1.25. The third-order valence-corrected chi connectivity index (χ3v) is 1.88. The number of nitrogens with zero attached hydrogens (tertiary/aromatic N) is 3. The van der Waals surface area contributed by atoms with Gasteiger partial charge in [0.15, 0.2) is 0 Å². The lowest BCUT2D eigenvalue weighted by Crippen LogP contribution is -2.16. The molecule has 0 unspecified atom stereocenters. The first-order valence-electron chi connectivity index (χ1n) is 4.32. The topological polar surface area (TPSA) is 110 Å². The molecule has 0 bridgehead atoms. The fourth-order valence-electron chi connectivity index (χ4n) is 1.24. The van der Waals surface area contributed by atoms with Gasteiger partial charge in [-0.2, -0.15) is 9.50 Å². The Kier molecular flexibility index (Phi) is 2.41. The van der Waals surface area contributed by atoms with E-state index in [1.54, 1.807) is 0 Å². The lowest BCUT2D eigenvalue weighted by molar-refractivity contribution is 0.0684. The van der Waals surface area contributed by atoms with Gasteiger partial charge in [0.25, 0.3) is 11.3 Å². The third-order valence-electron chi connectivity index (χ3n) is 1.88. The van der Waals surface area contributed by atoms with E-state index in [9.17, 15) is 9.59 Å². The Morgan fingerprint density at radius 1 is 1.62 bits per heavy atom. The number of fused-ring (bicyclic) bond motifs is 1. The molecular formula is C8H8N4O4. The van der Waals surface area contributed by atoms with E-state index in [4.69, 9.17) is 9.84 Å². The molecule has 0 fully saturated rings. The highest BCUT2D eigenvalue weighted by molar-refractivity contribution is 5.83. The van der Waals surface area contributed by atoms with Crippen molar-refractivity contribution in [2.75, 3.05) is 7.11 Å². The summed E-state index contributed by atoms with van der Waals surface area (Å²) in [5.74, 6) is -1.57. The Hall–Kier alpha value is -2.22. The molecule has 2 aromatic heterocycles. The molecule has 0 atom stereocenters. The first kappa shape index (κ1) is 10.3. The molecule has 0 saturated heterocycles. The normalized spacial score (nSPS) is 10.8. The van der Waals surface area contributed by atoms with Crippen LogP contribution >= 0.6 is 0 Å². The molecule has 0 spiro atoms. The van der Waals surface area contributed by atoms with Gasteiger partial charge in [-0.1, -0.05) is 0 Å². The van der Waals surface area contributed by atoms with Crippen molar-refractivity contribution < 1.29 is 14.6 Å². The van der Waals surface area contributed by atoms with Crippen LogP contribution in [0.5, 0.6) is 0 Å². The van der Waals surface area contributed by atoms with E-state index < -0.39 is 11.5 Å². The summed E-state index contributed by atoms with van der Waals surface area (Å²) in [6.07, 6.45) is 0. The number of hydrogen-bond donors (Lipinski definition) is 2. The number of nitrogens with one attached hydrogen (secondary N) is 1. The monoisotopic (exact) mass is 224 g/mol. The Balaban J connectivity index is 2.63. The van der Waals surface area contributed by atoms with Crippen molar-refractivity contribution in [3.63, 3.8) is 0 Å². The van der Waals surface area contributed by atoms with E-state index in [0.717, 1.165) is 4.52 Å². The maximum absolute atomic E-state index is 11.5. The van der Waals surface area contributed by atoms with Crippen LogP contribution in [0.2, 0.25) is 0 Å². The number of carboxylic acid groups (broad SMARTS) is 1. The Morgan fingerprint density at radius 2 is 2.38 bits per heavy atom.